The summed E-state index contributed by atoms with van der Waals surface area (Å²) in [5.41, 5.74) is 4.36. The molecule has 1 aromatic heterocycles. The number of nitrogens with zero attached hydrogens (tertiary/aromatic N) is 2. The number of phenols is 1. The van der Waals surface area contributed by atoms with E-state index in [1.165, 1.54) is 5.56 Å². The van der Waals surface area contributed by atoms with Crippen molar-refractivity contribution in [3.63, 3.8) is 0 Å². The summed E-state index contributed by atoms with van der Waals surface area (Å²) >= 11 is 0. The van der Waals surface area contributed by atoms with Gasteiger partial charge in [-0.1, -0.05) is 0 Å². The lowest BCUT2D eigenvalue weighted by Gasteiger charge is -2.04. The smallest absolute Gasteiger partial charge is 0.115 e. The molecule has 2 aromatic rings. The Bertz CT molecular complexity index is 483. The largest absolute Gasteiger partial charge is 0.508 e. The first kappa shape index (κ1) is 9.77. The molecule has 0 unspecified atom stereocenters. The first-order valence-electron chi connectivity index (χ1n) is 4.92. The van der Waals surface area contributed by atoms with Crippen molar-refractivity contribution in [1.29, 1.82) is 0 Å². The van der Waals surface area contributed by atoms with Gasteiger partial charge in [-0.2, -0.15) is 5.10 Å². The van der Waals surface area contributed by atoms with Crippen molar-refractivity contribution in [3.05, 3.63) is 41.2 Å². The van der Waals surface area contributed by atoms with Crippen LogP contribution in [0.3, 0.4) is 0 Å². The summed E-state index contributed by atoms with van der Waals surface area (Å²) in [4.78, 5) is 0. The third-order valence-corrected chi connectivity index (χ3v) is 2.75. The van der Waals surface area contributed by atoms with Crippen LogP contribution >= 0.6 is 0 Å². The number of rotatable bonds is 1. The molecule has 15 heavy (non-hydrogen) atoms. The van der Waals surface area contributed by atoms with Crippen molar-refractivity contribution in [2.24, 2.45) is 0 Å². The van der Waals surface area contributed by atoms with Crippen molar-refractivity contribution in [1.82, 2.24) is 9.78 Å². The van der Waals surface area contributed by atoms with Crippen molar-refractivity contribution < 1.29 is 5.11 Å². The Morgan fingerprint density at radius 1 is 1.07 bits per heavy atom. The zero-order chi connectivity index (χ0) is 11.0. The number of aryl methyl sites for hydroxylation is 1. The van der Waals surface area contributed by atoms with Crippen LogP contribution in [0, 0.1) is 20.8 Å². The summed E-state index contributed by atoms with van der Waals surface area (Å²) in [5.74, 6) is 0.275. The van der Waals surface area contributed by atoms with Gasteiger partial charge in [0, 0.05) is 5.69 Å². The number of benzene rings is 1. The quantitative estimate of drug-likeness (QED) is 0.771. The minimum atomic E-state index is 0.275. The van der Waals surface area contributed by atoms with Gasteiger partial charge < -0.3 is 5.11 Å². The summed E-state index contributed by atoms with van der Waals surface area (Å²) in [6.07, 6.45) is 0. The average Bonchev–Trinajstić information content (AvgIpc) is 2.47. The Labute approximate surface area is 89.0 Å². The normalized spacial score (nSPS) is 10.6. The van der Waals surface area contributed by atoms with Gasteiger partial charge in [-0.25, -0.2) is 4.68 Å². The fraction of sp³-hybridized carbons (Fsp3) is 0.250. The minimum absolute atomic E-state index is 0.275. The highest BCUT2D eigenvalue weighted by Crippen LogP contribution is 2.18. The molecule has 0 saturated heterocycles. The molecule has 0 bridgehead atoms. The van der Waals surface area contributed by atoms with Crippen LogP contribution in [0.25, 0.3) is 5.69 Å². The van der Waals surface area contributed by atoms with Gasteiger partial charge in [0.05, 0.1) is 11.4 Å². The molecule has 0 radical (unpaired) electrons. The fourth-order valence-corrected chi connectivity index (χ4v) is 1.57. The average molecular weight is 202 g/mol. The van der Waals surface area contributed by atoms with E-state index in [0.717, 1.165) is 17.1 Å². The van der Waals surface area contributed by atoms with Crippen molar-refractivity contribution in [3.8, 4) is 11.4 Å². The number of hydrogen-bond acceptors (Lipinski definition) is 2. The minimum Gasteiger partial charge on any atom is -0.508 e. The number of phenolic OH excluding ortho intramolecular Hbond substituents is 1. The zero-order valence-corrected chi connectivity index (χ0v) is 9.15. The Morgan fingerprint density at radius 3 is 2.13 bits per heavy atom. The summed E-state index contributed by atoms with van der Waals surface area (Å²) in [5, 5.41) is 13.6. The molecular formula is C12H14N2O. The van der Waals surface area contributed by atoms with Crippen LogP contribution in [0.4, 0.5) is 0 Å². The van der Waals surface area contributed by atoms with E-state index < -0.39 is 0 Å². The maximum absolute atomic E-state index is 9.20. The Hall–Kier alpha value is -1.77. The van der Waals surface area contributed by atoms with E-state index in [1.54, 1.807) is 12.1 Å². The standard InChI is InChI=1S/C12H14N2O/c1-8-9(2)13-14(10(8)3)11-4-6-12(15)7-5-11/h4-7,15H,1-3H3. The van der Waals surface area contributed by atoms with Crippen LogP contribution in [0.1, 0.15) is 17.0 Å². The van der Waals surface area contributed by atoms with Gasteiger partial charge in [0.15, 0.2) is 0 Å². The molecule has 78 valence electrons. The van der Waals surface area contributed by atoms with Crippen LogP contribution in [0.5, 0.6) is 5.75 Å². The monoisotopic (exact) mass is 202 g/mol. The molecule has 0 aliphatic rings. The van der Waals surface area contributed by atoms with E-state index in [2.05, 4.69) is 12.0 Å². The van der Waals surface area contributed by atoms with E-state index in [1.807, 2.05) is 30.7 Å². The molecule has 0 aliphatic heterocycles. The lowest BCUT2D eigenvalue weighted by molar-refractivity contribution is 0.475. The van der Waals surface area contributed by atoms with Crippen molar-refractivity contribution in [2.75, 3.05) is 0 Å². The summed E-state index contributed by atoms with van der Waals surface area (Å²) in [7, 11) is 0. The van der Waals surface area contributed by atoms with Crippen LogP contribution in [0.2, 0.25) is 0 Å². The third kappa shape index (κ3) is 1.61. The lowest BCUT2D eigenvalue weighted by atomic mass is 10.2. The highest BCUT2D eigenvalue weighted by atomic mass is 16.3. The fourth-order valence-electron chi connectivity index (χ4n) is 1.57. The number of hydrogen-bond donors (Lipinski definition) is 1. The predicted octanol–water partition coefficient (Wildman–Crippen LogP) is 2.50. The second-order valence-corrected chi connectivity index (χ2v) is 3.72. The Kier molecular flexibility index (Phi) is 2.23. The lowest BCUT2D eigenvalue weighted by Crippen LogP contribution is -1.98. The topological polar surface area (TPSA) is 38.0 Å². The maximum atomic E-state index is 9.20. The van der Waals surface area contributed by atoms with Crippen LogP contribution in [-0.4, -0.2) is 14.9 Å². The molecule has 0 amide bonds. The van der Waals surface area contributed by atoms with E-state index in [9.17, 15) is 5.11 Å². The third-order valence-electron chi connectivity index (χ3n) is 2.75. The van der Waals surface area contributed by atoms with Crippen LogP contribution in [0.15, 0.2) is 24.3 Å². The molecule has 1 N–H and O–H groups in total. The number of aromatic nitrogens is 2. The van der Waals surface area contributed by atoms with Gasteiger partial charge in [-0.05, 0) is 50.6 Å². The van der Waals surface area contributed by atoms with Crippen LogP contribution < -0.4 is 0 Å². The molecule has 1 heterocycles. The molecular weight excluding hydrogens is 188 g/mol. The Balaban J connectivity index is 2.54. The van der Waals surface area contributed by atoms with Crippen LogP contribution in [-0.2, 0) is 0 Å². The molecule has 0 fully saturated rings. The molecule has 0 aliphatic carbocycles. The molecule has 0 saturated carbocycles. The summed E-state index contributed by atoms with van der Waals surface area (Å²) < 4.78 is 1.89. The van der Waals surface area contributed by atoms with Crippen molar-refractivity contribution >= 4 is 0 Å². The molecule has 2 rings (SSSR count). The van der Waals surface area contributed by atoms with Gasteiger partial charge in [0.2, 0.25) is 0 Å². The molecule has 3 nitrogen and oxygen atoms in total. The van der Waals surface area contributed by atoms with Gasteiger partial charge in [-0.3, -0.25) is 0 Å². The Morgan fingerprint density at radius 2 is 1.67 bits per heavy atom. The van der Waals surface area contributed by atoms with Crippen molar-refractivity contribution in [2.45, 2.75) is 20.8 Å². The maximum Gasteiger partial charge on any atom is 0.115 e. The van der Waals surface area contributed by atoms with Gasteiger partial charge in [0.25, 0.3) is 0 Å². The summed E-state index contributed by atoms with van der Waals surface area (Å²) in [6.45, 7) is 6.11. The second kappa shape index (κ2) is 3.42. The first-order valence-corrected chi connectivity index (χ1v) is 4.92. The van der Waals surface area contributed by atoms with Gasteiger partial charge in [0.1, 0.15) is 5.75 Å². The van der Waals surface area contributed by atoms with E-state index in [-0.39, 0.29) is 5.75 Å². The molecule has 1 aromatic carbocycles. The van der Waals surface area contributed by atoms with E-state index >= 15 is 0 Å². The highest BCUT2D eigenvalue weighted by Gasteiger charge is 2.08. The zero-order valence-electron chi connectivity index (χ0n) is 9.15. The van der Waals surface area contributed by atoms with E-state index in [0.29, 0.717) is 0 Å². The SMILES string of the molecule is Cc1nn(-c2ccc(O)cc2)c(C)c1C. The predicted molar refractivity (Wildman–Crippen MR) is 59.4 cm³/mol. The molecule has 0 spiro atoms. The van der Waals surface area contributed by atoms with Gasteiger partial charge in [-0.15, -0.1) is 0 Å². The summed E-state index contributed by atoms with van der Waals surface area (Å²) in [6, 6.07) is 7.05. The number of aromatic hydroxyl groups is 1. The van der Waals surface area contributed by atoms with Gasteiger partial charge >= 0.3 is 0 Å². The second-order valence-electron chi connectivity index (χ2n) is 3.72. The van der Waals surface area contributed by atoms with E-state index in [4.69, 9.17) is 0 Å². The highest BCUT2D eigenvalue weighted by molar-refractivity contribution is 5.39. The molecule has 0 atom stereocenters. The first-order chi connectivity index (χ1) is 7.09. The molecule has 3 heteroatoms.